The average molecular weight is 285 g/mol. The zero-order valence-electron chi connectivity index (χ0n) is 11.2. The number of aliphatic hydroxyl groups is 1. The summed E-state index contributed by atoms with van der Waals surface area (Å²) in [5.74, 6) is 0. The van der Waals surface area contributed by atoms with Crippen LogP contribution in [0.25, 0.3) is 0 Å². The Balaban J connectivity index is 2.25. The van der Waals surface area contributed by atoms with E-state index in [4.69, 9.17) is 9.84 Å². The first kappa shape index (κ1) is 14.5. The first-order valence-corrected chi connectivity index (χ1v) is 7.63. The quantitative estimate of drug-likeness (QED) is 0.784. The van der Waals surface area contributed by atoms with E-state index in [1.54, 1.807) is 24.3 Å². The normalized spacial score (nSPS) is 22.7. The molecule has 1 aliphatic rings. The highest BCUT2D eigenvalue weighted by atomic mass is 32.2. The van der Waals surface area contributed by atoms with Crippen LogP contribution in [0, 0.1) is 6.92 Å². The molecule has 1 N–H and O–H groups in total. The van der Waals surface area contributed by atoms with Crippen molar-refractivity contribution in [2.45, 2.75) is 24.3 Å². The van der Waals surface area contributed by atoms with Gasteiger partial charge in [0.15, 0.2) is 0 Å². The zero-order chi connectivity index (χ0) is 14.1. The van der Waals surface area contributed by atoms with Crippen molar-refractivity contribution in [2.24, 2.45) is 0 Å². The molecular weight excluding hydrogens is 266 g/mol. The maximum Gasteiger partial charge on any atom is 0.243 e. The zero-order valence-corrected chi connectivity index (χ0v) is 12.0. The van der Waals surface area contributed by atoms with Crippen molar-refractivity contribution in [3.63, 3.8) is 0 Å². The predicted molar refractivity (Wildman–Crippen MR) is 71.4 cm³/mol. The van der Waals surface area contributed by atoms with Gasteiger partial charge in [-0.2, -0.15) is 4.31 Å². The van der Waals surface area contributed by atoms with E-state index in [2.05, 4.69) is 0 Å². The van der Waals surface area contributed by atoms with Crippen molar-refractivity contribution in [1.82, 2.24) is 4.31 Å². The summed E-state index contributed by atoms with van der Waals surface area (Å²) >= 11 is 0. The molecule has 5 nitrogen and oxygen atoms in total. The van der Waals surface area contributed by atoms with Gasteiger partial charge in [0.05, 0.1) is 18.1 Å². The SMILES string of the molecule is Cc1ccc(S(=O)(=O)N(CCO)CC2(C)CO2)cc1. The molecule has 0 aromatic heterocycles. The van der Waals surface area contributed by atoms with Gasteiger partial charge in [0, 0.05) is 13.1 Å². The summed E-state index contributed by atoms with van der Waals surface area (Å²) in [4.78, 5) is 0.246. The van der Waals surface area contributed by atoms with Gasteiger partial charge >= 0.3 is 0 Å². The highest BCUT2D eigenvalue weighted by Gasteiger charge is 2.43. The molecule has 0 radical (unpaired) electrons. The third kappa shape index (κ3) is 3.33. The summed E-state index contributed by atoms with van der Waals surface area (Å²) in [5.41, 5.74) is 0.595. The lowest BCUT2D eigenvalue weighted by molar-refractivity contribution is 0.219. The number of aliphatic hydroxyl groups excluding tert-OH is 1. The summed E-state index contributed by atoms with van der Waals surface area (Å²) in [7, 11) is -3.58. The van der Waals surface area contributed by atoms with Crippen molar-refractivity contribution < 1.29 is 18.3 Å². The largest absolute Gasteiger partial charge is 0.395 e. The highest BCUT2D eigenvalue weighted by Crippen LogP contribution is 2.29. The number of benzene rings is 1. The molecule has 0 saturated carbocycles. The molecule has 0 bridgehead atoms. The van der Waals surface area contributed by atoms with E-state index in [0.717, 1.165) is 5.56 Å². The van der Waals surface area contributed by atoms with Gasteiger partial charge in [0.1, 0.15) is 5.60 Å². The van der Waals surface area contributed by atoms with E-state index >= 15 is 0 Å². The van der Waals surface area contributed by atoms with Crippen molar-refractivity contribution in [3.8, 4) is 0 Å². The molecule has 2 rings (SSSR count). The Labute approximate surface area is 113 Å². The van der Waals surface area contributed by atoms with Crippen LogP contribution in [-0.4, -0.2) is 49.7 Å². The molecule has 1 aromatic rings. The number of hydrogen-bond donors (Lipinski definition) is 1. The molecule has 1 aromatic carbocycles. The first-order valence-electron chi connectivity index (χ1n) is 6.19. The molecule has 1 atom stereocenters. The van der Waals surface area contributed by atoms with Crippen LogP contribution in [0.1, 0.15) is 12.5 Å². The summed E-state index contributed by atoms with van der Waals surface area (Å²) < 4.78 is 31.5. The van der Waals surface area contributed by atoms with Crippen LogP contribution in [0.2, 0.25) is 0 Å². The Morgan fingerprint density at radius 1 is 1.37 bits per heavy atom. The molecule has 0 aliphatic carbocycles. The third-order valence-corrected chi connectivity index (χ3v) is 5.02. The van der Waals surface area contributed by atoms with Crippen LogP contribution in [0.5, 0.6) is 0 Å². The second-order valence-corrected chi connectivity index (χ2v) is 7.05. The standard InChI is InChI=1S/C13H19NO4S/c1-11-3-5-12(6-4-11)19(16,17)14(7-8-15)9-13(2)10-18-13/h3-6,15H,7-10H2,1-2H3. The maximum absolute atomic E-state index is 12.5. The lowest BCUT2D eigenvalue weighted by atomic mass is 10.2. The molecule has 1 unspecified atom stereocenters. The van der Waals surface area contributed by atoms with Gasteiger partial charge < -0.3 is 9.84 Å². The van der Waals surface area contributed by atoms with Gasteiger partial charge in [0.2, 0.25) is 10.0 Å². The van der Waals surface area contributed by atoms with Gasteiger partial charge in [-0.15, -0.1) is 0 Å². The highest BCUT2D eigenvalue weighted by molar-refractivity contribution is 7.89. The minimum atomic E-state index is -3.58. The topological polar surface area (TPSA) is 70.1 Å². The van der Waals surface area contributed by atoms with Crippen molar-refractivity contribution in [3.05, 3.63) is 29.8 Å². The summed E-state index contributed by atoms with van der Waals surface area (Å²) in [6.07, 6.45) is 0. The van der Waals surface area contributed by atoms with E-state index in [0.29, 0.717) is 6.61 Å². The van der Waals surface area contributed by atoms with Gasteiger partial charge in [-0.1, -0.05) is 17.7 Å². The predicted octanol–water partition coefficient (Wildman–Crippen LogP) is 0.767. The second kappa shape index (κ2) is 5.20. The monoisotopic (exact) mass is 285 g/mol. The van der Waals surface area contributed by atoms with Crippen LogP contribution in [0.4, 0.5) is 0 Å². The molecule has 106 valence electrons. The van der Waals surface area contributed by atoms with Gasteiger partial charge in [-0.25, -0.2) is 8.42 Å². The molecule has 1 fully saturated rings. The molecule has 19 heavy (non-hydrogen) atoms. The number of aryl methyl sites for hydroxylation is 1. The molecular formula is C13H19NO4S. The molecule has 1 saturated heterocycles. The Kier molecular flexibility index (Phi) is 3.96. The summed E-state index contributed by atoms with van der Waals surface area (Å²) in [6.45, 7) is 4.46. The van der Waals surface area contributed by atoms with E-state index in [1.165, 1.54) is 4.31 Å². The van der Waals surface area contributed by atoms with E-state index < -0.39 is 15.6 Å². The molecule has 6 heteroatoms. The molecule has 0 spiro atoms. The third-order valence-electron chi connectivity index (χ3n) is 3.16. The molecule has 0 amide bonds. The fourth-order valence-corrected chi connectivity index (χ4v) is 3.39. The lowest BCUT2D eigenvalue weighted by Gasteiger charge is -2.23. The Bertz CT molecular complexity index is 534. The van der Waals surface area contributed by atoms with Gasteiger partial charge in [0.25, 0.3) is 0 Å². The number of epoxide rings is 1. The average Bonchev–Trinajstić information content (AvgIpc) is 3.07. The minimum Gasteiger partial charge on any atom is -0.395 e. The Hall–Kier alpha value is -0.950. The van der Waals surface area contributed by atoms with Crippen molar-refractivity contribution in [2.75, 3.05) is 26.3 Å². The van der Waals surface area contributed by atoms with E-state index in [1.807, 2.05) is 13.8 Å². The second-order valence-electron chi connectivity index (χ2n) is 5.11. The number of rotatable bonds is 6. The van der Waals surface area contributed by atoms with Crippen LogP contribution < -0.4 is 0 Å². The summed E-state index contributed by atoms with van der Waals surface area (Å²) in [6, 6.07) is 6.70. The Morgan fingerprint density at radius 2 is 1.95 bits per heavy atom. The number of hydrogen-bond acceptors (Lipinski definition) is 4. The van der Waals surface area contributed by atoms with Crippen LogP contribution >= 0.6 is 0 Å². The molecule has 1 heterocycles. The number of sulfonamides is 1. The smallest absolute Gasteiger partial charge is 0.243 e. The minimum absolute atomic E-state index is 0.0785. The van der Waals surface area contributed by atoms with Gasteiger partial charge in [-0.3, -0.25) is 0 Å². The number of nitrogens with zero attached hydrogens (tertiary/aromatic N) is 1. The Morgan fingerprint density at radius 3 is 2.42 bits per heavy atom. The van der Waals surface area contributed by atoms with E-state index in [9.17, 15) is 8.42 Å². The van der Waals surface area contributed by atoms with Crippen LogP contribution in [-0.2, 0) is 14.8 Å². The van der Waals surface area contributed by atoms with Crippen molar-refractivity contribution in [1.29, 1.82) is 0 Å². The number of ether oxygens (including phenoxy) is 1. The van der Waals surface area contributed by atoms with E-state index in [-0.39, 0.29) is 24.6 Å². The van der Waals surface area contributed by atoms with Crippen LogP contribution in [0.3, 0.4) is 0 Å². The van der Waals surface area contributed by atoms with Crippen molar-refractivity contribution >= 4 is 10.0 Å². The lowest BCUT2D eigenvalue weighted by Crippen LogP contribution is -2.39. The van der Waals surface area contributed by atoms with Crippen LogP contribution in [0.15, 0.2) is 29.2 Å². The fraction of sp³-hybridized carbons (Fsp3) is 0.538. The summed E-state index contributed by atoms with van der Waals surface area (Å²) in [5, 5.41) is 9.06. The van der Waals surface area contributed by atoms with Gasteiger partial charge in [-0.05, 0) is 26.0 Å². The first-order chi connectivity index (χ1) is 8.87. The maximum atomic E-state index is 12.5. The molecule has 1 aliphatic heterocycles. The fourth-order valence-electron chi connectivity index (χ4n) is 1.84.